The number of pyridine rings is 1. The molecule has 0 aliphatic rings. The molecule has 1 rings (SSSR count). The molecule has 0 unspecified atom stereocenters. The van der Waals surface area contributed by atoms with E-state index in [1.165, 1.54) is 6.20 Å². The summed E-state index contributed by atoms with van der Waals surface area (Å²) < 4.78 is 24.6. The van der Waals surface area contributed by atoms with Crippen LogP contribution in [-0.4, -0.2) is 4.98 Å². The molecule has 5 heteroatoms. The Labute approximate surface area is 88.2 Å². The summed E-state index contributed by atoms with van der Waals surface area (Å²) in [4.78, 5) is 3.64. The van der Waals surface area contributed by atoms with Crippen molar-refractivity contribution in [1.82, 2.24) is 4.98 Å². The van der Waals surface area contributed by atoms with Crippen LogP contribution in [0.3, 0.4) is 0 Å². The van der Waals surface area contributed by atoms with Crippen molar-refractivity contribution in [3.8, 4) is 0 Å². The fourth-order valence-corrected chi connectivity index (χ4v) is 1.77. The van der Waals surface area contributed by atoms with E-state index in [-0.39, 0.29) is 5.69 Å². The van der Waals surface area contributed by atoms with Gasteiger partial charge in [0, 0.05) is 11.5 Å². The van der Waals surface area contributed by atoms with Gasteiger partial charge in [0.1, 0.15) is 5.69 Å². The molecule has 0 fully saturated rings. The second-order valence-corrected chi connectivity index (χ2v) is 3.48. The van der Waals surface area contributed by atoms with Crippen LogP contribution in [0.2, 0.25) is 5.02 Å². The third-order valence-electron chi connectivity index (χ3n) is 1.71. The molecule has 0 saturated heterocycles. The summed E-state index contributed by atoms with van der Waals surface area (Å²) in [6.07, 6.45) is -1.20. The highest BCUT2D eigenvalue weighted by molar-refractivity contribution is 9.08. The number of nitrogens with zero attached hydrogens (tertiary/aromatic N) is 1. The largest absolute Gasteiger partial charge is 0.280 e. The fraction of sp³-hybridized carbons (Fsp3) is 0.375. The van der Waals surface area contributed by atoms with E-state index in [0.717, 1.165) is 5.56 Å². The van der Waals surface area contributed by atoms with E-state index in [2.05, 4.69) is 20.9 Å². The molecule has 0 radical (unpaired) electrons. The first kappa shape index (κ1) is 10.9. The minimum Gasteiger partial charge on any atom is -0.255 e. The third kappa shape index (κ3) is 2.17. The minimum atomic E-state index is -2.57. The minimum absolute atomic E-state index is 0.241. The molecule has 1 heterocycles. The topological polar surface area (TPSA) is 12.9 Å². The predicted octanol–water partition coefficient (Wildman–Crippen LogP) is 3.88. The van der Waals surface area contributed by atoms with Crippen LogP contribution in [-0.2, 0) is 5.33 Å². The number of hydrogen-bond donors (Lipinski definition) is 0. The predicted molar refractivity (Wildman–Crippen MR) is 51.6 cm³/mol. The summed E-state index contributed by atoms with van der Waals surface area (Å²) in [5, 5.41) is 0.880. The first-order valence-electron chi connectivity index (χ1n) is 3.56. The Morgan fingerprint density at radius 2 is 2.23 bits per heavy atom. The highest BCUT2D eigenvalue weighted by Crippen LogP contribution is 2.28. The first-order chi connectivity index (χ1) is 6.07. The van der Waals surface area contributed by atoms with Gasteiger partial charge in [-0.1, -0.05) is 27.5 Å². The summed E-state index contributed by atoms with van der Waals surface area (Å²) in [5.74, 6) is 0. The van der Waals surface area contributed by atoms with Gasteiger partial charge in [0.2, 0.25) is 0 Å². The van der Waals surface area contributed by atoms with Gasteiger partial charge in [0.05, 0.1) is 5.02 Å². The van der Waals surface area contributed by atoms with Crippen LogP contribution >= 0.6 is 27.5 Å². The van der Waals surface area contributed by atoms with Crippen LogP contribution in [0.5, 0.6) is 0 Å². The third-order valence-corrected chi connectivity index (χ3v) is 2.84. The summed E-state index contributed by atoms with van der Waals surface area (Å²) in [5.41, 5.74) is 0.840. The van der Waals surface area contributed by atoms with Crippen molar-refractivity contribution in [2.75, 3.05) is 0 Å². The van der Waals surface area contributed by atoms with Gasteiger partial charge in [-0.25, -0.2) is 8.78 Å². The van der Waals surface area contributed by atoms with Crippen LogP contribution in [0.1, 0.15) is 23.2 Å². The Hall–Kier alpha value is -0.220. The van der Waals surface area contributed by atoms with Crippen LogP contribution in [0.25, 0.3) is 0 Å². The fourth-order valence-electron chi connectivity index (χ4n) is 0.967. The van der Waals surface area contributed by atoms with Crippen molar-refractivity contribution in [3.63, 3.8) is 0 Å². The average molecular weight is 271 g/mol. The molecule has 0 N–H and O–H groups in total. The van der Waals surface area contributed by atoms with E-state index >= 15 is 0 Å². The molecule has 1 aromatic rings. The quantitative estimate of drug-likeness (QED) is 0.743. The van der Waals surface area contributed by atoms with E-state index in [9.17, 15) is 8.78 Å². The maximum atomic E-state index is 12.3. The van der Waals surface area contributed by atoms with Crippen molar-refractivity contribution in [3.05, 3.63) is 28.0 Å². The molecule has 0 aliphatic carbocycles. The molecule has 1 aromatic heterocycles. The zero-order valence-electron chi connectivity index (χ0n) is 6.82. The lowest BCUT2D eigenvalue weighted by molar-refractivity contribution is 0.145. The maximum Gasteiger partial charge on any atom is 0.280 e. The van der Waals surface area contributed by atoms with Crippen LogP contribution in [0, 0.1) is 6.92 Å². The molecule has 0 aliphatic heterocycles. The van der Waals surface area contributed by atoms with E-state index in [0.29, 0.717) is 15.9 Å². The molecule has 0 atom stereocenters. The second kappa shape index (κ2) is 4.33. The van der Waals surface area contributed by atoms with Gasteiger partial charge in [0.15, 0.2) is 0 Å². The molecule has 0 bridgehead atoms. The lowest BCUT2D eigenvalue weighted by Crippen LogP contribution is -1.97. The van der Waals surface area contributed by atoms with Crippen molar-refractivity contribution >= 4 is 27.5 Å². The molecule has 1 nitrogen and oxygen atoms in total. The SMILES string of the molecule is Cc1c(C(F)F)ncc(CBr)c1Cl. The Morgan fingerprint density at radius 3 is 2.69 bits per heavy atom. The number of halogens is 4. The number of alkyl halides is 3. The molecule has 0 aromatic carbocycles. The molecule has 0 amide bonds. The van der Waals surface area contributed by atoms with Gasteiger partial charge in [-0.05, 0) is 18.1 Å². The van der Waals surface area contributed by atoms with Crippen molar-refractivity contribution in [2.45, 2.75) is 18.7 Å². The van der Waals surface area contributed by atoms with Gasteiger partial charge in [0.25, 0.3) is 6.43 Å². The lowest BCUT2D eigenvalue weighted by Gasteiger charge is -2.08. The van der Waals surface area contributed by atoms with E-state index in [1.807, 2.05) is 0 Å². The maximum absolute atomic E-state index is 12.3. The Balaban J connectivity index is 3.23. The number of hydrogen-bond acceptors (Lipinski definition) is 1. The zero-order valence-corrected chi connectivity index (χ0v) is 9.16. The van der Waals surface area contributed by atoms with Gasteiger partial charge < -0.3 is 0 Å². The summed E-state index contributed by atoms with van der Waals surface area (Å²) >= 11 is 9.03. The molecule has 0 saturated carbocycles. The van der Waals surface area contributed by atoms with E-state index < -0.39 is 6.43 Å². The molecule has 72 valence electrons. The van der Waals surface area contributed by atoms with Crippen LogP contribution in [0.15, 0.2) is 6.20 Å². The highest BCUT2D eigenvalue weighted by Gasteiger charge is 2.16. The zero-order chi connectivity index (χ0) is 10.0. The lowest BCUT2D eigenvalue weighted by atomic mass is 10.1. The van der Waals surface area contributed by atoms with E-state index in [4.69, 9.17) is 11.6 Å². The molecule has 0 spiro atoms. The van der Waals surface area contributed by atoms with Crippen molar-refractivity contribution < 1.29 is 8.78 Å². The Bertz CT molecular complexity index is 317. The van der Waals surface area contributed by atoms with Crippen molar-refractivity contribution in [2.24, 2.45) is 0 Å². The van der Waals surface area contributed by atoms with Gasteiger partial charge in [-0.2, -0.15) is 0 Å². The van der Waals surface area contributed by atoms with Crippen LogP contribution in [0.4, 0.5) is 8.78 Å². The molecule has 13 heavy (non-hydrogen) atoms. The Kier molecular flexibility index (Phi) is 3.62. The van der Waals surface area contributed by atoms with Gasteiger partial charge in [-0.3, -0.25) is 4.98 Å². The number of aromatic nitrogens is 1. The van der Waals surface area contributed by atoms with Gasteiger partial charge in [-0.15, -0.1) is 0 Å². The first-order valence-corrected chi connectivity index (χ1v) is 5.05. The molecular formula is C8H7BrClF2N. The van der Waals surface area contributed by atoms with Crippen LogP contribution < -0.4 is 0 Å². The average Bonchev–Trinajstić information content (AvgIpc) is 2.09. The normalized spacial score (nSPS) is 10.9. The summed E-state index contributed by atoms with van der Waals surface area (Å²) in [6.45, 7) is 1.54. The summed E-state index contributed by atoms with van der Waals surface area (Å²) in [6, 6.07) is 0. The monoisotopic (exact) mass is 269 g/mol. The number of rotatable bonds is 2. The van der Waals surface area contributed by atoms with Gasteiger partial charge >= 0.3 is 0 Å². The highest BCUT2D eigenvalue weighted by atomic mass is 79.9. The standard InChI is InChI=1S/C8H7BrClF2N/c1-4-6(10)5(2-9)3-13-7(4)8(11)12/h3,8H,2H2,1H3. The smallest absolute Gasteiger partial charge is 0.255 e. The Morgan fingerprint density at radius 1 is 1.62 bits per heavy atom. The van der Waals surface area contributed by atoms with E-state index in [1.54, 1.807) is 6.92 Å². The van der Waals surface area contributed by atoms with Crippen molar-refractivity contribution in [1.29, 1.82) is 0 Å². The second-order valence-electron chi connectivity index (χ2n) is 2.54. The summed E-state index contributed by atoms with van der Waals surface area (Å²) in [7, 11) is 0. The molecular weight excluding hydrogens is 263 g/mol.